The number of nitrogens with two attached hydrogens (primary N) is 2. The molecule has 0 saturated carbocycles. The van der Waals surface area contributed by atoms with Gasteiger partial charge in [0.15, 0.2) is 0 Å². The topological polar surface area (TPSA) is 125 Å². The van der Waals surface area contributed by atoms with Crippen LogP contribution in [0.2, 0.25) is 0 Å². The monoisotopic (exact) mass is 413 g/mol. The molecule has 0 spiro atoms. The van der Waals surface area contributed by atoms with Gasteiger partial charge in [0, 0.05) is 0 Å². The van der Waals surface area contributed by atoms with Crippen LogP contribution < -0.4 is 11.5 Å². The molecule has 8 heteroatoms. The summed E-state index contributed by atoms with van der Waals surface area (Å²) in [6, 6.07) is 16.8. The van der Waals surface area contributed by atoms with E-state index >= 15 is 0 Å². The largest absolute Gasteiger partial charge is 0.444 e. The van der Waals surface area contributed by atoms with Gasteiger partial charge in [0.25, 0.3) is 0 Å². The van der Waals surface area contributed by atoms with E-state index in [0.29, 0.717) is 24.3 Å². The molecule has 0 bridgehead atoms. The van der Waals surface area contributed by atoms with E-state index < -0.39 is 24.1 Å². The zero-order chi connectivity index (χ0) is 21.8. The second kappa shape index (κ2) is 12.2. The van der Waals surface area contributed by atoms with Crippen molar-refractivity contribution >= 4 is 18.1 Å². The molecule has 0 aliphatic carbocycles. The van der Waals surface area contributed by atoms with E-state index in [1.165, 1.54) is 0 Å². The summed E-state index contributed by atoms with van der Waals surface area (Å²) in [5.41, 5.74) is 12.5. The minimum atomic E-state index is -1.19. The van der Waals surface area contributed by atoms with Crippen LogP contribution in [0.5, 0.6) is 0 Å². The Kier molecular flexibility index (Phi) is 9.33. The third kappa shape index (κ3) is 7.21. The number of amides is 3. The van der Waals surface area contributed by atoms with E-state index in [-0.39, 0.29) is 19.6 Å². The molecule has 4 N–H and O–H groups in total. The molecule has 2 aromatic carbocycles. The Morgan fingerprint density at radius 2 is 1.27 bits per heavy atom. The molecule has 1 atom stereocenters. The van der Waals surface area contributed by atoms with Crippen LogP contribution in [-0.4, -0.2) is 35.6 Å². The summed E-state index contributed by atoms with van der Waals surface area (Å²) < 4.78 is 10.5. The molecule has 2 aromatic rings. The molecule has 0 saturated heterocycles. The lowest BCUT2D eigenvalue weighted by molar-refractivity contribution is -0.122. The minimum absolute atomic E-state index is 0.0591. The summed E-state index contributed by atoms with van der Waals surface area (Å²) in [5.74, 6) is -0.819. The van der Waals surface area contributed by atoms with Crippen molar-refractivity contribution in [3.05, 3.63) is 71.8 Å². The van der Waals surface area contributed by atoms with Gasteiger partial charge in [0.05, 0.1) is 0 Å². The maximum absolute atomic E-state index is 12.7. The highest BCUT2D eigenvalue weighted by Crippen LogP contribution is 2.15. The summed E-state index contributed by atoms with van der Waals surface area (Å²) in [6.45, 7) is 0.301. The fraction of sp³-hybridized carbons (Fsp3) is 0.318. The summed E-state index contributed by atoms with van der Waals surface area (Å²) in [7, 11) is 0. The zero-order valence-corrected chi connectivity index (χ0v) is 16.7. The number of primary amides is 1. The SMILES string of the molecule is NCCCC[C@@H](C(N)=O)N(C(=O)OCc1ccccc1)C(=O)OCc1ccccc1. The minimum Gasteiger partial charge on any atom is -0.444 e. The molecule has 30 heavy (non-hydrogen) atoms. The van der Waals surface area contributed by atoms with Gasteiger partial charge in [-0.2, -0.15) is 4.90 Å². The Bertz CT molecular complexity index is 759. The first-order chi connectivity index (χ1) is 14.5. The van der Waals surface area contributed by atoms with Gasteiger partial charge in [0.2, 0.25) is 5.91 Å². The Morgan fingerprint density at radius 3 is 1.67 bits per heavy atom. The number of carbonyl (C=O) groups excluding carboxylic acids is 3. The Labute approximate surface area is 175 Å². The fourth-order valence-electron chi connectivity index (χ4n) is 2.79. The van der Waals surface area contributed by atoms with Gasteiger partial charge < -0.3 is 20.9 Å². The lowest BCUT2D eigenvalue weighted by Gasteiger charge is -2.26. The van der Waals surface area contributed by atoms with E-state index in [1.54, 1.807) is 48.5 Å². The molecule has 0 radical (unpaired) electrons. The predicted molar refractivity (Wildman–Crippen MR) is 111 cm³/mol. The molecule has 2 rings (SSSR count). The number of carbonyl (C=O) groups is 3. The summed E-state index contributed by atoms with van der Waals surface area (Å²) in [5, 5.41) is 0. The number of ether oxygens (including phenoxy) is 2. The molecular weight excluding hydrogens is 386 g/mol. The van der Waals surface area contributed by atoms with E-state index in [1.807, 2.05) is 12.1 Å². The maximum Gasteiger partial charge on any atom is 0.420 e. The average Bonchev–Trinajstić information content (AvgIpc) is 2.76. The number of hydrogen-bond donors (Lipinski definition) is 2. The van der Waals surface area contributed by atoms with Gasteiger partial charge >= 0.3 is 12.2 Å². The Morgan fingerprint density at radius 1 is 0.800 bits per heavy atom. The molecule has 0 aromatic heterocycles. The highest BCUT2D eigenvalue weighted by atomic mass is 16.6. The third-order valence-corrected chi connectivity index (χ3v) is 4.38. The van der Waals surface area contributed by atoms with E-state index in [2.05, 4.69) is 0 Å². The van der Waals surface area contributed by atoms with Crippen molar-refractivity contribution in [3.8, 4) is 0 Å². The lowest BCUT2D eigenvalue weighted by atomic mass is 10.1. The number of nitrogens with zero attached hydrogens (tertiary/aromatic N) is 1. The quantitative estimate of drug-likeness (QED) is 0.577. The first-order valence-electron chi connectivity index (χ1n) is 9.73. The smallest absolute Gasteiger partial charge is 0.420 e. The Hall–Kier alpha value is -3.39. The van der Waals surface area contributed by atoms with Crippen LogP contribution in [0, 0.1) is 0 Å². The number of benzene rings is 2. The maximum atomic E-state index is 12.7. The van der Waals surface area contributed by atoms with Crippen LogP contribution in [0.3, 0.4) is 0 Å². The van der Waals surface area contributed by atoms with Crippen LogP contribution in [-0.2, 0) is 27.5 Å². The average molecular weight is 413 g/mol. The summed E-state index contributed by atoms with van der Waals surface area (Å²) in [4.78, 5) is 38.1. The third-order valence-electron chi connectivity index (χ3n) is 4.38. The molecule has 0 aliphatic heterocycles. The first-order valence-corrected chi connectivity index (χ1v) is 9.73. The van der Waals surface area contributed by atoms with Crippen molar-refractivity contribution in [3.63, 3.8) is 0 Å². The van der Waals surface area contributed by atoms with Gasteiger partial charge in [-0.25, -0.2) is 9.59 Å². The molecule has 3 amide bonds. The predicted octanol–water partition coefficient (Wildman–Crippen LogP) is 2.94. The lowest BCUT2D eigenvalue weighted by Crippen LogP contribution is -2.51. The van der Waals surface area contributed by atoms with Crippen molar-refractivity contribution in [2.75, 3.05) is 6.54 Å². The van der Waals surface area contributed by atoms with Gasteiger partial charge in [-0.15, -0.1) is 0 Å². The van der Waals surface area contributed by atoms with E-state index in [4.69, 9.17) is 20.9 Å². The first kappa shape index (κ1) is 22.9. The number of unbranched alkanes of at least 4 members (excludes halogenated alkanes) is 1. The van der Waals surface area contributed by atoms with Gasteiger partial charge in [-0.1, -0.05) is 60.7 Å². The van der Waals surface area contributed by atoms with Crippen LogP contribution >= 0.6 is 0 Å². The van der Waals surface area contributed by atoms with Crippen molar-refractivity contribution in [2.45, 2.75) is 38.5 Å². The number of hydrogen-bond acceptors (Lipinski definition) is 6. The molecule has 0 unspecified atom stereocenters. The van der Waals surface area contributed by atoms with Crippen molar-refractivity contribution in [1.29, 1.82) is 0 Å². The second-order valence-electron chi connectivity index (χ2n) is 6.65. The zero-order valence-electron chi connectivity index (χ0n) is 16.7. The van der Waals surface area contributed by atoms with Gasteiger partial charge in [-0.3, -0.25) is 4.79 Å². The number of imide groups is 1. The highest BCUT2D eigenvalue weighted by molar-refractivity contribution is 5.94. The molecule has 160 valence electrons. The summed E-state index contributed by atoms with van der Waals surface area (Å²) >= 11 is 0. The molecular formula is C22H27N3O5. The highest BCUT2D eigenvalue weighted by Gasteiger charge is 2.36. The van der Waals surface area contributed by atoms with Crippen LogP contribution in [0.15, 0.2) is 60.7 Å². The van der Waals surface area contributed by atoms with E-state index in [0.717, 1.165) is 11.1 Å². The van der Waals surface area contributed by atoms with Crippen LogP contribution in [0.25, 0.3) is 0 Å². The molecule has 0 fully saturated rings. The van der Waals surface area contributed by atoms with Crippen molar-refractivity contribution < 1.29 is 23.9 Å². The van der Waals surface area contributed by atoms with Crippen LogP contribution in [0.4, 0.5) is 9.59 Å². The normalized spacial score (nSPS) is 11.4. The van der Waals surface area contributed by atoms with Gasteiger partial charge in [0.1, 0.15) is 19.3 Å². The van der Waals surface area contributed by atoms with Crippen molar-refractivity contribution in [2.24, 2.45) is 11.5 Å². The molecule has 0 aliphatic rings. The van der Waals surface area contributed by atoms with E-state index in [9.17, 15) is 14.4 Å². The number of rotatable bonds is 10. The summed E-state index contributed by atoms with van der Waals surface area (Å²) in [6.07, 6.45) is -0.677. The second-order valence-corrected chi connectivity index (χ2v) is 6.65. The fourth-order valence-corrected chi connectivity index (χ4v) is 2.79. The van der Waals surface area contributed by atoms with Gasteiger partial charge in [-0.05, 0) is 36.9 Å². The standard InChI is InChI=1S/C22H27N3O5/c23-14-8-7-13-19(20(24)26)25(21(27)29-15-17-9-3-1-4-10-17)22(28)30-16-18-11-5-2-6-12-18/h1-6,9-12,19H,7-8,13-16,23H2,(H2,24,26)/t19-/m0/s1. The van der Waals surface area contributed by atoms with Crippen molar-refractivity contribution in [1.82, 2.24) is 4.90 Å². The molecule has 0 heterocycles. The van der Waals surface area contributed by atoms with Crippen LogP contribution in [0.1, 0.15) is 30.4 Å². The Balaban J connectivity index is 2.12. The molecule has 8 nitrogen and oxygen atoms in total.